The molecule has 0 bridgehead atoms. The Bertz CT molecular complexity index is 377. The minimum absolute atomic E-state index is 0.0421. The van der Waals surface area contributed by atoms with Crippen LogP contribution in [0.2, 0.25) is 0 Å². The Morgan fingerprint density at radius 1 is 0.583 bits per heavy atom. The van der Waals surface area contributed by atoms with Gasteiger partial charge in [-0.25, -0.2) is 0 Å². The van der Waals surface area contributed by atoms with E-state index < -0.39 is 0 Å². The molecule has 0 aliphatic carbocycles. The van der Waals surface area contributed by atoms with Crippen molar-refractivity contribution in [2.45, 2.75) is 78.1 Å². The molecule has 0 radical (unpaired) electrons. The van der Waals surface area contributed by atoms with E-state index in [4.69, 9.17) is 0 Å². The van der Waals surface area contributed by atoms with Gasteiger partial charge in [-0.05, 0) is 49.1 Å². The number of hydrogen-bond acceptors (Lipinski definition) is 0. The Morgan fingerprint density at radius 2 is 0.958 bits per heavy atom. The minimum Gasteiger partial charge on any atom is -0.0778 e. The lowest BCUT2D eigenvalue weighted by atomic mass is 10.2. The van der Waals surface area contributed by atoms with Crippen LogP contribution in [0.15, 0.2) is 24.3 Å². The largest absolute Gasteiger partial charge is 0.0778 e. The average molecular weight is 367 g/mol. The predicted octanol–water partition coefficient (Wildman–Crippen LogP) is 7.10. The van der Waals surface area contributed by atoms with Crippen LogP contribution in [-0.2, 0) is 0 Å². The molecule has 2 heteroatoms. The van der Waals surface area contributed by atoms with Gasteiger partial charge in [-0.1, -0.05) is 105 Å². The van der Waals surface area contributed by atoms with E-state index in [-0.39, 0.29) is 15.8 Å². The molecular formula is C22H40P2. The van der Waals surface area contributed by atoms with Crippen LogP contribution in [0.25, 0.3) is 0 Å². The molecular weight excluding hydrogens is 326 g/mol. The van der Waals surface area contributed by atoms with Crippen molar-refractivity contribution in [3.8, 4) is 0 Å². The summed E-state index contributed by atoms with van der Waals surface area (Å²) in [6, 6.07) is 9.39. The highest BCUT2D eigenvalue weighted by molar-refractivity contribution is 7.71. The fraction of sp³-hybridized carbons (Fsp3) is 0.727. The first kappa shape index (κ1) is 22.1. The van der Waals surface area contributed by atoms with E-state index in [0.717, 1.165) is 0 Å². The van der Waals surface area contributed by atoms with Crippen LogP contribution in [0.3, 0.4) is 0 Å². The first-order valence-electron chi connectivity index (χ1n) is 10.2. The maximum absolute atomic E-state index is 2.51. The highest BCUT2D eigenvalue weighted by Crippen LogP contribution is 2.37. The van der Waals surface area contributed by atoms with Crippen LogP contribution >= 0.6 is 15.8 Å². The van der Waals surface area contributed by atoms with Gasteiger partial charge in [0.05, 0.1) is 0 Å². The molecule has 24 heavy (non-hydrogen) atoms. The van der Waals surface area contributed by atoms with Crippen LogP contribution in [0.5, 0.6) is 0 Å². The number of unbranched alkanes of at least 4 members (excludes halogenated alkanes) is 8. The molecule has 1 rings (SSSR count). The molecule has 1 aromatic rings. The maximum Gasteiger partial charge on any atom is -0.0167 e. The zero-order chi connectivity index (χ0) is 17.6. The highest BCUT2D eigenvalue weighted by atomic mass is 31.1. The summed E-state index contributed by atoms with van der Waals surface area (Å²) in [5, 5.41) is 3.43. The fourth-order valence-corrected chi connectivity index (χ4v) is 7.77. The van der Waals surface area contributed by atoms with Crippen LogP contribution in [-0.4, -0.2) is 25.7 Å². The Labute approximate surface area is 154 Å². The molecule has 0 aliphatic heterocycles. The molecule has 0 spiro atoms. The Balaban J connectivity index is 2.47. The summed E-state index contributed by atoms with van der Waals surface area (Å²) in [4.78, 5) is 0. The summed E-state index contributed by atoms with van der Waals surface area (Å²) in [7, 11) is 0.0841. The SMILES string of the molecule is CCCCCCC[P@@](C)c1ccccc1[P@](C)CCCCCCC. The molecule has 0 saturated heterocycles. The molecule has 0 saturated carbocycles. The smallest absolute Gasteiger partial charge is 0.0167 e. The molecule has 0 fully saturated rings. The molecule has 2 atom stereocenters. The molecule has 0 aliphatic rings. The summed E-state index contributed by atoms with van der Waals surface area (Å²) < 4.78 is 0. The van der Waals surface area contributed by atoms with Gasteiger partial charge in [0, 0.05) is 0 Å². The van der Waals surface area contributed by atoms with E-state index >= 15 is 0 Å². The van der Waals surface area contributed by atoms with Gasteiger partial charge in [-0.15, -0.1) is 0 Å². The van der Waals surface area contributed by atoms with Crippen LogP contribution in [0.1, 0.15) is 78.1 Å². The lowest BCUT2D eigenvalue weighted by molar-refractivity contribution is 0.658. The molecule has 1 aromatic carbocycles. The van der Waals surface area contributed by atoms with Crippen molar-refractivity contribution in [3.63, 3.8) is 0 Å². The van der Waals surface area contributed by atoms with Crippen molar-refractivity contribution >= 4 is 26.5 Å². The van der Waals surface area contributed by atoms with Gasteiger partial charge < -0.3 is 0 Å². The van der Waals surface area contributed by atoms with Gasteiger partial charge in [0.25, 0.3) is 0 Å². The van der Waals surface area contributed by atoms with Gasteiger partial charge in [-0.3, -0.25) is 0 Å². The second-order valence-electron chi connectivity index (χ2n) is 7.16. The molecule has 0 unspecified atom stereocenters. The zero-order valence-corrected chi connectivity index (χ0v) is 18.5. The quantitative estimate of drug-likeness (QED) is 0.243. The summed E-state index contributed by atoms with van der Waals surface area (Å²) in [5.74, 6) is 0. The molecule has 0 N–H and O–H groups in total. The molecule has 0 aromatic heterocycles. The van der Waals surface area contributed by atoms with Gasteiger partial charge >= 0.3 is 0 Å². The molecule has 138 valence electrons. The Hall–Kier alpha value is 0.0800. The van der Waals surface area contributed by atoms with Crippen molar-refractivity contribution in [2.75, 3.05) is 25.7 Å². The van der Waals surface area contributed by atoms with Crippen molar-refractivity contribution in [3.05, 3.63) is 24.3 Å². The standard InChI is InChI=1S/C22H40P2/c1-5-7-9-11-15-19-23(3)21-17-13-14-18-22(21)24(4)20-16-12-10-8-6-2/h13-14,17-18H,5-12,15-16,19-20H2,1-4H3/t23-,24-/m1/s1. The molecule has 0 heterocycles. The normalized spacial score (nSPS) is 13.8. The van der Waals surface area contributed by atoms with E-state index in [2.05, 4.69) is 51.4 Å². The van der Waals surface area contributed by atoms with E-state index in [9.17, 15) is 0 Å². The van der Waals surface area contributed by atoms with Crippen molar-refractivity contribution in [2.24, 2.45) is 0 Å². The van der Waals surface area contributed by atoms with Crippen LogP contribution in [0, 0.1) is 0 Å². The lowest BCUT2D eigenvalue weighted by Gasteiger charge is -2.21. The van der Waals surface area contributed by atoms with Gasteiger partial charge in [0.15, 0.2) is 0 Å². The van der Waals surface area contributed by atoms with E-state index in [1.165, 1.54) is 76.5 Å². The summed E-state index contributed by atoms with van der Waals surface area (Å²) in [6.45, 7) is 9.63. The summed E-state index contributed by atoms with van der Waals surface area (Å²) in [6.07, 6.45) is 17.0. The van der Waals surface area contributed by atoms with Gasteiger partial charge in [0.1, 0.15) is 0 Å². The third-order valence-corrected chi connectivity index (χ3v) is 9.47. The predicted molar refractivity (Wildman–Crippen MR) is 119 cm³/mol. The molecule has 0 nitrogen and oxygen atoms in total. The Morgan fingerprint density at radius 3 is 1.33 bits per heavy atom. The lowest BCUT2D eigenvalue weighted by Crippen LogP contribution is -2.22. The Kier molecular flexibility index (Phi) is 13.2. The number of hydrogen-bond donors (Lipinski definition) is 0. The fourth-order valence-electron chi connectivity index (χ4n) is 3.26. The average Bonchev–Trinajstić information content (AvgIpc) is 2.61. The van der Waals surface area contributed by atoms with Gasteiger partial charge in [0.2, 0.25) is 0 Å². The maximum atomic E-state index is 2.51. The summed E-state index contributed by atoms with van der Waals surface area (Å²) >= 11 is 0. The van der Waals surface area contributed by atoms with Crippen molar-refractivity contribution < 1.29 is 0 Å². The monoisotopic (exact) mass is 366 g/mol. The first-order valence-corrected chi connectivity index (χ1v) is 14.2. The van der Waals surface area contributed by atoms with E-state index in [0.29, 0.717) is 0 Å². The van der Waals surface area contributed by atoms with E-state index in [1.807, 2.05) is 0 Å². The third-order valence-electron chi connectivity index (χ3n) is 4.90. The third kappa shape index (κ3) is 8.97. The second-order valence-corrected chi connectivity index (χ2v) is 11.8. The first-order chi connectivity index (χ1) is 11.7. The molecule has 0 amide bonds. The second kappa shape index (κ2) is 14.3. The summed E-state index contributed by atoms with van der Waals surface area (Å²) in [5.41, 5.74) is 0. The van der Waals surface area contributed by atoms with Crippen LogP contribution in [0.4, 0.5) is 0 Å². The van der Waals surface area contributed by atoms with Crippen molar-refractivity contribution in [1.82, 2.24) is 0 Å². The topological polar surface area (TPSA) is 0 Å². The van der Waals surface area contributed by atoms with Gasteiger partial charge in [-0.2, -0.15) is 0 Å². The highest BCUT2D eigenvalue weighted by Gasteiger charge is 2.14. The zero-order valence-electron chi connectivity index (χ0n) is 16.7. The van der Waals surface area contributed by atoms with Crippen LogP contribution < -0.4 is 10.6 Å². The minimum atomic E-state index is 0.0421. The van der Waals surface area contributed by atoms with E-state index in [1.54, 1.807) is 10.6 Å². The number of benzene rings is 1. The number of rotatable bonds is 14. The van der Waals surface area contributed by atoms with Crippen molar-refractivity contribution in [1.29, 1.82) is 0 Å².